The van der Waals surface area contributed by atoms with Crippen LogP contribution in [0, 0.1) is 11.3 Å². The lowest BCUT2D eigenvalue weighted by atomic mass is 9.82. The molecule has 108 valence electrons. The Kier molecular flexibility index (Phi) is 5.54. The summed E-state index contributed by atoms with van der Waals surface area (Å²) in [6.45, 7) is 12.7. The van der Waals surface area contributed by atoms with Crippen LogP contribution in [0.4, 0.5) is 11.6 Å². The second-order valence-corrected chi connectivity index (χ2v) is 5.88. The van der Waals surface area contributed by atoms with Gasteiger partial charge in [-0.15, -0.1) is 0 Å². The molecule has 0 amide bonds. The second-order valence-electron chi connectivity index (χ2n) is 5.88. The summed E-state index contributed by atoms with van der Waals surface area (Å²) in [5, 5.41) is 3.32. The maximum absolute atomic E-state index is 5.78. The predicted octanol–water partition coefficient (Wildman–Crippen LogP) is 2.69. The van der Waals surface area contributed by atoms with Crippen molar-refractivity contribution in [2.24, 2.45) is 11.3 Å². The molecule has 0 saturated carbocycles. The highest BCUT2D eigenvalue weighted by atomic mass is 16.5. The van der Waals surface area contributed by atoms with Gasteiger partial charge in [0.15, 0.2) is 5.82 Å². The molecule has 1 heterocycles. The Hall–Kier alpha value is -1.36. The minimum atomic E-state index is 0.264. The summed E-state index contributed by atoms with van der Waals surface area (Å²) in [5.41, 5.74) is 6.04. The van der Waals surface area contributed by atoms with Crippen LogP contribution in [0.3, 0.4) is 0 Å². The zero-order chi connectivity index (χ0) is 14.5. The van der Waals surface area contributed by atoms with Gasteiger partial charge in [0.05, 0.1) is 0 Å². The van der Waals surface area contributed by atoms with Crippen LogP contribution in [0.15, 0.2) is 6.07 Å². The molecule has 0 fully saturated rings. The van der Waals surface area contributed by atoms with Gasteiger partial charge in [0.2, 0.25) is 0 Å². The number of nitrogens with zero attached hydrogens (tertiary/aromatic N) is 2. The van der Waals surface area contributed by atoms with Crippen LogP contribution in [-0.2, 0) is 11.3 Å². The number of hydrogen-bond donors (Lipinski definition) is 2. The third-order valence-corrected chi connectivity index (χ3v) is 3.30. The lowest BCUT2D eigenvalue weighted by Gasteiger charge is -2.27. The van der Waals surface area contributed by atoms with E-state index in [0.29, 0.717) is 30.8 Å². The van der Waals surface area contributed by atoms with Crippen LogP contribution in [0.5, 0.6) is 0 Å². The highest BCUT2D eigenvalue weighted by Crippen LogP contribution is 2.25. The number of anilines is 2. The number of nitrogen functional groups attached to an aromatic ring is 1. The average molecular weight is 266 g/mol. The van der Waals surface area contributed by atoms with E-state index in [1.807, 2.05) is 6.92 Å². The van der Waals surface area contributed by atoms with Crippen LogP contribution >= 0.6 is 0 Å². The van der Waals surface area contributed by atoms with Crippen molar-refractivity contribution in [1.82, 2.24) is 9.97 Å². The molecular weight excluding hydrogens is 240 g/mol. The van der Waals surface area contributed by atoms with Gasteiger partial charge in [-0.3, -0.25) is 0 Å². The minimum Gasteiger partial charge on any atom is -0.384 e. The van der Waals surface area contributed by atoms with Crippen molar-refractivity contribution in [2.45, 2.75) is 41.2 Å². The van der Waals surface area contributed by atoms with Gasteiger partial charge in [-0.05, 0) is 18.3 Å². The highest BCUT2D eigenvalue weighted by molar-refractivity contribution is 5.44. The topological polar surface area (TPSA) is 73.1 Å². The Morgan fingerprint density at radius 3 is 2.63 bits per heavy atom. The Morgan fingerprint density at radius 2 is 2.05 bits per heavy atom. The van der Waals surface area contributed by atoms with E-state index in [9.17, 15) is 0 Å². The number of nitrogens with two attached hydrogens (primary N) is 1. The van der Waals surface area contributed by atoms with Crippen LogP contribution in [0.1, 0.15) is 40.4 Å². The van der Waals surface area contributed by atoms with E-state index in [1.165, 1.54) is 0 Å². The van der Waals surface area contributed by atoms with E-state index < -0.39 is 0 Å². The zero-order valence-corrected chi connectivity index (χ0v) is 12.7. The molecule has 0 aromatic carbocycles. The van der Waals surface area contributed by atoms with Crippen molar-refractivity contribution >= 4 is 11.6 Å². The molecule has 5 nitrogen and oxygen atoms in total. The SMILES string of the molecule is CCOCc1nc(N)cc(NCC(C)C(C)(C)C)n1. The fourth-order valence-corrected chi connectivity index (χ4v) is 1.43. The maximum Gasteiger partial charge on any atom is 0.158 e. The van der Waals surface area contributed by atoms with Gasteiger partial charge in [0.1, 0.15) is 18.2 Å². The van der Waals surface area contributed by atoms with Crippen LogP contribution in [-0.4, -0.2) is 23.1 Å². The first kappa shape index (κ1) is 15.7. The van der Waals surface area contributed by atoms with E-state index in [-0.39, 0.29) is 5.41 Å². The standard InChI is InChI=1S/C14H26N4O/c1-6-19-9-13-17-11(15)7-12(18-13)16-8-10(2)14(3,4)5/h7,10H,6,8-9H2,1-5H3,(H3,15,16,17,18). The van der Waals surface area contributed by atoms with Crippen molar-refractivity contribution in [3.05, 3.63) is 11.9 Å². The summed E-state index contributed by atoms with van der Waals surface area (Å²) in [6.07, 6.45) is 0. The van der Waals surface area contributed by atoms with Crippen LogP contribution in [0.2, 0.25) is 0 Å². The molecule has 1 aromatic rings. The molecule has 0 spiro atoms. The van der Waals surface area contributed by atoms with Crippen molar-refractivity contribution in [3.63, 3.8) is 0 Å². The number of rotatable bonds is 6. The van der Waals surface area contributed by atoms with Gasteiger partial charge < -0.3 is 15.8 Å². The summed E-state index contributed by atoms with van der Waals surface area (Å²) >= 11 is 0. The molecule has 1 unspecified atom stereocenters. The number of ether oxygens (including phenoxy) is 1. The first-order valence-corrected chi connectivity index (χ1v) is 6.78. The molecule has 5 heteroatoms. The van der Waals surface area contributed by atoms with E-state index >= 15 is 0 Å². The molecule has 3 N–H and O–H groups in total. The van der Waals surface area contributed by atoms with Crippen LogP contribution < -0.4 is 11.1 Å². The fraction of sp³-hybridized carbons (Fsp3) is 0.714. The van der Waals surface area contributed by atoms with E-state index in [2.05, 4.69) is 43.0 Å². The average Bonchev–Trinajstić information content (AvgIpc) is 2.31. The Labute approximate surface area is 116 Å². The minimum absolute atomic E-state index is 0.264. The van der Waals surface area contributed by atoms with Gasteiger partial charge in [-0.2, -0.15) is 0 Å². The monoisotopic (exact) mass is 266 g/mol. The third-order valence-electron chi connectivity index (χ3n) is 3.30. The van der Waals surface area contributed by atoms with Crippen molar-refractivity contribution < 1.29 is 4.74 Å². The van der Waals surface area contributed by atoms with Gasteiger partial charge in [-0.1, -0.05) is 27.7 Å². The quantitative estimate of drug-likeness (QED) is 0.828. The van der Waals surface area contributed by atoms with Gasteiger partial charge in [-0.25, -0.2) is 9.97 Å². The second kappa shape index (κ2) is 6.70. The summed E-state index contributed by atoms with van der Waals surface area (Å²) in [5.74, 6) is 2.38. The first-order chi connectivity index (χ1) is 8.82. The van der Waals surface area contributed by atoms with E-state index in [4.69, 9.17) is 10.5 Å². The summed E-state index contributed by atoms with van der Waals surface area (Å²) < 4.78 is 5.30. The molecule has 1 rings (SSSR count). The molecule has 0 aliphatic heterocycles. The molecule has 0 saturated heterocycles. The number of aromatic nitrogens is 2. The lowest BCUT2D eigenvalue weighted by molar-refractivity contribution is 0.128. The molecule has 1 atom stereocenters. The van der Waals surface area contributed by atoms with Gasteiger partial charge in [0.25, 0.3) is 0 Å². The molecule has 0 bridgehead atoms. The third kappa shape index (κ3) is 5.42. The Bertz CT molecular complexity index is 401. The van der Waals surface area contributed by atoms with Crippen molar-refractivity contribution in [3.8, 4) is 0 Å². The first-order valence-electron chi connectivity index (χ1n) is 6.78. The highest BCUT2D eigenvalue weighted by Gasteiger charge is 2.19. The van der Waals surface area contributed by atoms with Gasteiger partial charge in [0, 0.05) is 19.2 Å². The smallest absolute Gasteiger partial charge is 0.158 e. The van der Waals surface area contributed by atoms with E-state index in [0.717, 1.165) is 12.4 Å². The lowest BCUT2D eigenvalue weighted by Crippen LogP contribution is -2.25. The van der Waals surface area contributed by atoms with E-state index in [1.54, 1.807) is 6.07 Å². The number of nitrogens with one attached hydrogen (secondary N) is 1. The van der Waals surface area contributed by atoms with Crippen molar-refractivity contribution in [2.75, 3.05) is 24.2 Å². The normalized spacial score (nSPS) is 13.3. The molecule has 19 heavy (non-hydrogen) atoms. The molecular formula is C14H26N4O. The summed E-state index contributed by atoms with van der Waals surface area (Å²) in [7, 11) is 0. The fourth-order valence-electron chi connectivity index (χ4n) is 1.43. The Balaban J connectivity index is 2.65. The summed E-state index contributed by atoms with van der Waals surface area (Å²) in [4.78, 5) is 8.55. The molecule has 0 radical (unpaired) electrons. The predicted molar refractivity (Wildman–Crippen MR) is 78.9 cm³/mol. The molecule has 0 aliphatic carbocycles. The number of hydrogen-bond acceptors (Lipinski definition) is 5. The molecule has 1 aromatic heterocycles. The molecule has 0 aliphatic rings. The zero-order valence-electron chi connectivity index (χ0n) is 12.7. The van der Waals surface area contributed by atoms with Gasteiger partial charge >= 0.3 is 0 Å². The Morgan fingerprint density at radius 1 is 1.37 bits per heavy atom. The maximum atomic E-state index is 5.78. The summed E-state index contributed by atoms with van der Waals surface area (Å²) in [6, 6.07) is 1.75. The largest absolute Gasteiger partial charge is 0.384 e. The van der Waals surface area contributed by atoms with Crippen LogP contribution in [0.25, 0.3) is 0 Å². The van der Waals surface area contributed by atoms with Crippen molar-refractivity contribution in [1.29, 1.82) is 0 Å².